The Morgan fingerprint density at radius 1 is 1.56 bits per heavy atom. The van der Waals surface area contributed by atoms with Gasteiger partial charge in [-0.05, 0) is 43.4 Å². The highest BCUT2D eigenvalue weighted by atomic mass is 79.9. The summed E-state index contributed by atoms with van der Waals surface area (Å²) in [6, 6.07) is 3.48. The highest BCUT2D eigenvalue weighted by Gasteiger charge is 2.28. The average Bonchev–Trinajstić information content (AvgIpc) is 3.01. The van der Waals surface area contributed by atoms with Crippen molar-refractivity contribution in [2.75, 3.05) is 6.61 Å². The number of carbonyl (C=O) groups is 1. The highest BCUT2D eigenvalue weighted by molar-refractivity contribution is 9.10. The maximum Gasteiger partial charge on any atom is 0.338 e. The molecule has 0 aromatic heterocycles. The van der Waals surface area contributed by atoms with Gasteiger partial charge in [0.25, 0.3) is 0 Å². The Kier molecular flexibility index (Phi) is 3.55. The van der Waals surface area contributed by atoms with E-state index in [1.54, 1.807) is 19.1 Å². The van der Waals surface area contributed by atoms with E-state index in [0.29, 0.717) is 23.1 Å². The molecule has 0 saturated heterocycles. The lowest BCUT2D eigenvalue weighted by Gasteiger charge is -2.08. The Morgan fingerprint density at radius 2 is 2.25 bits per heavy atom. The molecule has 0 bridgehead atoms. The van der Waals surface area contributed by atoms with Gasteiger partial charge in [0.05, 0.1) is 12.2 Å². The van der Waals surface area contributed by atoms with Crippen LogP contribution in [0.2, 0.25) is 5.02 Å². The van der Waals surface area contributed by atoms with Gasteiger partial charge in [-0.25, -0.2) is 4.79 Å². The van der Waals surface area contributed by atoms with Crippen LogP contribution in [-0.4, -0.2) is 12.6 Å². The van der Waals surface area contributed by atoms with Gasteiger partial charge in [0.2, 0.25) is 0 Å². The van der Waals surface area contributed by atoms with Crippen molar-refractivity contribution in [3.05, 3.63) is 32.8 Å². The first-order valence-electron chi connectivity index (χ1n) is 5.29. The van der Waals surface area contributed by atoms with Crippen LogP contribution in [0.5, 0.6) is 0 Å². The van der Waals surface area contributed by atoms with Crippen LogP contribution in [0.1, 0.15) is 41.6 Å². The van der Waals surface area contributed by atoms with Gasteiger partial charge in [-0.15, -0.1) is 0 Å². The quantitative estimate of drug-likeness (QED) is 0.784. The van der Waals surface area contributed by atoms with Gasteiger partial charge in [-0.1, -0.05) is 27.5 Å². The second kappa shape index (κ2) is 4.76. The van der Waals surface area contributed by atoms with Crippen molar-refractivity contribution in [1.29, 1.82) is 0 Å². The zero-order valence-electron chi connectivity index (χ0n) is 8.93. The van der Waals surface area contributed by atoms with Crippen molar-refractivity contribution < 1.29 is 9.53 Å². The lowest BCUT2D eigenvalue weighted by atomic mass is 10.1. The van der Waals surface area contributed by atoms with Crippen molar-refractivity contribution in [3.8, 4) is 0 Å². The minimum absolute atomic E-state index is 0.326. The molecule has 1 aliphatic carbocycles. The predicted octanol–water partition coefficient (Wildman–Crippen LogP) is 4.16. The number of benzene rings is 1. The third-order valence-corrected chi connectivity index (χ3v) is 3.54. The van der Waals surface area contributed by atoms with E-state index in [1.807, 2.05) is 0 Å². The number of rotatable bonds is 3. The predicted molar refractivity (Wildman–Crippen MR) is 67.1 cm³/mol. The van der Waals surface area contributed by atoms with Gasteiger partial charge in [0, 0.05) is 9.50 Å². The van der Waals surface area contributed by atoms with Crippen LogP contribution in [0, 0.1) is 0 Å². The second-order valence-corrected chi connectivity index (χ2v) is 5.11. The van der Waals surface area contributed by atoms with Gasteiger partial charge in [0.1, 0.15) is 0 Å². The summed E-state index contributed by atoms with van der Waals surface area (Å²) >= 11 is 9.64. The first-order chi connectivity index (χ1) is 7.63. The molecule has 0 heterocycles. The van der Waals surface area contributed by atoms with E-state index in [9.17, 15) is 4.79 Å². The minimum Gasteiger partial charge on any atom is -0.462 e. The van der Waals surface area contributed by atoms with E-state index >= 15 is 0 Å². The molecule has 16 heavy (non-hydrogen) atoms. The average molecular weight is 304 g/mol. The van der Waals surface area contributed by atoms with Crippen molar-refractivity contribution in [2.45, 2.75) is 25.7 Å². The van der Waals surface area contributed by atoms with Crippen LogP contribution in [-0.2, 0) is 4.74 Å². The normalized spacial score (nSPS) is 14.9. The topological polar surface area (TPSA) is 26.3 Å². The minimum atomic E-state index is -0.326. The zero-order valence-corrected chi connectivity index (χ0v) is 11.3. The molecule has 2 nitrogen and oxygen atoms in total. The molecule has 1 aromatic rings. The zero-order chi connectivity index (χ0) is 11.7. The van der Waals surface area contributed by atoms with Crippen LogP contribution < -0.4 is 0 Å². The van der Waals surface area contributed by atoms with Crippen LogP contribution in [0.15, 0.2) is 16.6 Å². The molecule has 86 valence electrons. The molecule has 1 aromatic carbocycles. The number of halogens is 2. The number of hydrogen-bond donors (Lipinski definition) is 0. The molecule has 0 radical (unpaired) electrons. The number of esters is 1. The van der Waals surface area contributed by atoms with E-state index in [0.717, 1.165) is 10.0 Å². The number of hydrogen-bond acceptors (Lipinski definition) is 2. The smallest absolute Gasteiger partial charge is 0.338 e. The van der Waals surface area contributed by atoms with E-state index in [4.69, 9.17) is 16.3 Å². The van der Waals surface area contributed by atoms with Crippen molar-refractivity contribution in [1.82, 2.24) is 0 Å². The summed E-state index contributed by atoms with van der Waals surface area (Å²) in [4.78, 5) is 11.5. The molecule has 4 heteroatoms. The molecule has 0 aliphatic heterocycles. The third-order valence-electron chi connectivity index (χ3n) is 2.58. The fourth-order valence-electron chi connectivity index (χ4n) is 1.68. The van der Waals surface area contributed by atoms with E-state index < -0.39 is 0 Å². The van der Waals surface area contributed by atoms with Gasteiger partial charge in [-0.2, -0.15) is 0 Å². The van der Waals surface area contributed by atoms with Crippen molar-refractivity contribution in [2.24, 2.45) is 0 Å². The van der Waals surface area contributed by atoms with Gasteiger partial charge in [-0.3, -0.25) is 0 Å². The van der Waals surface area contributed by atoms with Crippen LogP contribution >= 0.6 is 27.5 Å². The molecule has 1 fully saturated rings. The molecule has 2 rings (SSSR count). The monoisotopic (exact) mass is 302 g/mol. The second-order valence-electron chi connectivity index (χ2n) is 3.85. The lowest BCUT2D eigenvalue weighted by Crippen LogP contribution is -2.05. The first kappa shape index (κ1) is 11.9. The largest absolute Gasteiger partial charge is 0.462 e. The molecular weight excluding hydrogens is 291 g/mol. The molecule has 0 spiro atoms. The summed E-state index contributed by atoms with van der Waals surface area (Å²) in [6.07, 6.45) is 2.36. The fraction of sp³-hybridized carbons (Fsp3) is 0.417. The van der Waals surface area contributed by atoms with Crippen molar-refractivity contribution >= 4 is 33.5 Å². The fourth-order valence-corrected chi connectivity index (χ4v) is 2.95. The number of ether oxygens (including phenoxy) is 1. The summed E-state index contributed by atoms with van der Waals surface area (Å²) in [5.41, 5.74) is 1.62. The summed E-state index contributed by atoms with van der Waals surface area (Å²) in [7, 11) is 0. The molecular formula is C12H12BrClO2. The number of carbonyl (C=O) groups excluding carboxylic acids is 1. The Morgan fingerprint density at radius 3 is 2.75 bits per heavy atom. The Bertz CT molecular complexity index is 404. The summed E-state index contributed by atoms with van der Waals surface area (Å²) in [5.74, 6) is 0.227. The van der Waals surface area contributed by atoms with Gasteiger partial charge >= 0.3 is 5.97 Å². The maximum atomic E-state index is 11.5. The Hall–Kier alpha value is -0.540. The van der Waals surface area contributed by atoms with E-state index in [1.165, 1.54) is 12.8 Å². The van der Waals surface area contributed by atoms with Gasteiger partial charge < -0.3 is 4.74 Å². The van der Waals surface area contributed by atoms with Gasteiger partial charge in [0.15, 0.2) is 0 Å². The molecule has 1 saturated carbocycles. The van der Waals surface area contributed by atoms with Crippen LogP contribution in [0.4, 0.5) is 0 Å². The summed E-state index contributed by atoms with van der Waals surface area (Å²) in [6.45, 7) is 2.16. The van der Waals surface area contributed by atoms with E-state index in [2.05, 4.69) is 15.9 Å². The van der Waals surface area contributed by atoms with E-state index in [-0.39, 0.29) is 5.97 Å². The Balaban J connectivity index is 2.32. The molecule has 0 N–H and O–H groups in total. The third kappa shape index (κ3) is 2.41. The molecule has 0 unspecified atom stereocenters. The molecule has 1 aliphatic rings. The highest BCUT2D eigenvalue weighted by Crippen LogP contribution is 2.46. The van der Waals surface area contributed by atoms with Crippen LogP contribution in [0.3, 0.4) is 0 Å². The first-order valence-corrected chi connectivity index (χ1v) is 6.46. The molecule has 0 amide bonds. The summed E-state index contributed by atoms with van der Waals surface area (Å²) in [5, 5.41) is 0.653. The summed E-state index contributed by atoms with van der Waals surface area (Å²) < 4.78 is 5.84. The van der Waals surface area contributed by atoms with Crippen molar-refractivity contribution in [3.63, 3.8) is 0 Å². The molecule has 0 atom stereocenters. The lowest BCUT2D eigenvalue weighted by molar-refractivity contribution is 0.0526. The maximum absolute atomic E-state index is 11.5. The Labute approximate surface area is 108 Å². The van der Waals surface area contributed by atoms with Crippen LogP contribution in [0.25, 0.3) is 0 Å². The standard InChI is InChI=1S/C12H12BrClO2/c1-2-16-12(15)8-5-9(13)11(7-3-4-7)10(14)6-8/h5-7H,2-4H2,1H3. The SMILES string of the molecule is CCOC(=O)c1cc(Cl)c(C2CC2)c(Br)c1.